The lowest BCUT2D eigenvalue weighted by atomic mass is 9.85. The second-order valence-corrected chi connectivity index (χ2v) is 12.4. The highest BCUT2D eigenvalue weighted by molar-refractivity contribution is 5.94. The standard InChI is InChI=1S/C37H56N2O4/c1-5-9-21-38(22-10-6-2)25-13-15-30-33(37(42)43)20-19-32-29-18-17-28(36(40)41)27-34(29)31(35(30)32)16-14-26-39(23-11-7-3)24-12-8-4/h17-20,27,31H,5-16,21-26H2,1-4H3,(H,40,41)(H,42,43). The summed E-state index contributed by atoms with van der Waals surface area (Å²) in [7, 11) is 0. The monoisotopic (exact) mass is 592 g/mol. The van der Waals surface area contributed by atoms with Gasteiger partial charge in [-0.15, -0.1) is 0 Å². The second kappa shape index (κ2) is 18.2. The molecule has 0 radical (unpaired) electrons. The van der Waals surface area contributed by atoms with Crippen LogP contribution in [-0.2, 0) is 6.42 Å². The zero-order valence-corrected chi connectivity index (χ0v) is 27.3. The number of rotatable bonds is 22. The number of nitrogens with zero attached hydrogens (tertiary/aromatic N) is 2. The lowest BCUT2D eigenvalue weighted by Crippen LogP contribution is -2.28. The summed E-state index contributed by atoms with van der Waals surface area (Å²) in [4.78, 5) is 29.6. The molecule has 0 bridgehead atoms. The minimum atomic E-state index is -0.923. The maximum Gasteiger partial charge on any atom is 0.335 e. The Kier molecular flexibility index (Phi) is 14.7. The molecule has 2 aromatic rings. The zero-order valence-electron chi connectivity index (χ0n) is 27.3. The van der Waals surface area contributed by atoms with Crippen molar-refractivity contribution in [2.75, 3.05) is 39.3 Å². The van der Waals surface area contributed by atoms with Crippen LogP contribution in [0, 0.1) is 0 Å². The highest BCUT2D eigenvalue weighted by atomic mass is 16.4. The minimum absolute atomic E-state index is 0.00841. The van der Waals surface area contributed by atoms with Crippen molar-refractivity contribution in [2.24, 2.45) is 0 Å². The van der Waals surface area contributed by atoms with Crippen LogP contribution >= 0.6 is 0 Å². The molecule has 0 saturated carbocycles. The Labute approximate surface area is 260 Å². The zero-order chi connectivity index (χ0) is 31.2. The first-order chi connectivity index (χ1) is 20.9. The van der Waals surface area contributed by atoms with E-state index in [0.29, 0.717) is 11.1 Å². The quantitative estimate of drug-likeness (QED) is 0.142. The first-order valence-corrected chi connectivity index (χ1v) is 17.1. The number of aromatic carboxylic acids is 2. The molecule has 0 amide bonds. The third-order valence-electron chi connectivity index (χ3n) is 9.08. The van der Waals surface area contributed by atoms with E-state index in [1.165, 1.54) is 51.4 Å². The largest absolute Gasteiger partial charge is 0.478 e. The summed E-state index contributed by atoms with van der Waals surface area (Å²) in [6, 6.07) is 9.21. The molecule has 2 aromatic carbocycles. The van der Waals surface area contributed by atoms with Gasteiger partial charge in [0.1, 0.15) is 0 Å². The molecular weight excluding hydrogens is 536 g/mol. The molecule has 2 N–H and O–H groups in total. The molecule has 6 heteroatoms. The molecule has 0 saturated heterocycles. The predicted octanol–water partition coefficient (Wildman–Crippen LogP) is 8.71. The molecule has 1 unspecified atom stereocenters. The normalized spacial score (nSPS) is 14.0. The first kappa shape index (κ1) is 34.8. The molecule has 3 rings (SSSR count). The van der Waals surface area contributed by atoms with E-state index < -0.39 is 11.9 Å². The molecule has 1 atom stereocenters. The Bertz CT molecular complexity index is 1160. The van der Waals surface area contributed by atoms with E-state index in [9.17, 15) is 19.8 Å². The van der Waals surface area contributed by atoms with Crippen molar-refractivity contribution in [3.63, 3.8) is 0 Å². The van der Waals surface area contributed by atoms with E-state index >= 15 is 0 Å². The molecule has 43 heavy (non-hydrogen) atoms. The number of benzene rings is 2. The molecule has 0 aliphatic heterocycles. The van der Waals surface area contributed by atoms with Crippen LogP contribution in [0.3, 0.4) is 0 Å². The third kappa shape index (κ3) is 9.64. The Morgan fingerprint density at radius 1 is 0.651 bits per heavy atom. The van der Waals surface area contributed by atoms with Crippen LogP contribution in [0.4, 0.5) is 0 Å². The van der Waals surface area contributed by atoms with Crippen LogP contribution in [0.5, 0.6) is 0 Å². The van der Waals surface area contributed by atoms with Gasteiger partial charge in [0.25, 0.3) is 0 Å². The van der Waals surface area contributed by atoms with Gasteiger partial charge in [-0.05, 0) is 137 Å². The maximum absolute atomic E-state index is 12.5. The van der Waals surface area contributed by atoms with E-state index in [4.69, 9.17) is 0 Å². The third-order valence-corrected chi connectivity index (χ3v) is 9.08. The van der Waals surface area contributed by atoms with E-state index in [2.05, 4.69) is 37.5 Å². The topological polar surface area (TPSA) is 81.1 Å². The van der Waals surface area contributed by atoms with Crippen molar-refractivity contribution in [1.29, 1.82) is 0 Å². The number of unbranched alkanes of at least 4 members (excludes halogenated alkanes) is 4. The molecule has 0 fully saturated rings. The van der Waals surface area contributed by atoms with E-state index in [1.807, 2.05) is 18.2 Å². The highest BCUT2D eigenvalue weighted by Crippen LogP contribution is 2.49. The van der Waals surface area contributed by atoms with Crippen molar-refractivity contribution in [2.45, 2.75) is 111 Å². The van der Waals surface area contributed by atoms with Crippen LogP contribution in [0.25, 0.3) is 11.1 Å². The van der Waals surface area contributed by atoms with Crippen molar-refractivity contribution < 1.29 is 19.8 Å². The Balaban J connectivity index is 1.94. The SMILES string of the molecule is CCCCN(CCCC)CCCc1c(C(=O)O)ccc2c1C(CCCN(CCCC)CCCC)c1cc(C(=O)O)ccc1-2. The fourth-order valence-corrected chi connectivity index (χ4v) is 6.65. The second-order valence-electron chi connectivity index (χ2n) is 12.4. The van der Waals surface area contributed by atoms with Crippen molar-refractivity contribution in [3.05, 3.63) is 58.1 Å². The van der Waals surface area contributed by atoms with Gasteiger partial charge >= 0.3 is 11.9 Å². The van der Waals surface area contributed by atoms with Crippen molar-refractivity contribution in [3.8, 4) is 11.1 Å². The highest BCUT2D eigenvalue weighted by Gasteiger charge is 2.33. The summed E-state index contributed by atoms with van der Waals surface area (Å²) < 4.78 is 0. The van der Waals surface area contributed by atoms with E-state index in [0.717, 1.165) is 92.8 Å². The average Bonchev–Trinajstić information content (AvgIpc) is 3.32. The molecular formula is C37H56N2O4. The molecule has 6 nitrogen and oxygen atoms in total. The average molecular weight is 593 g/mol. The lowest BCUT2D eigenvalue weighted by molar-refractivity contribution is 0.0685. The summed E-state index contributed by atoms with van der Waals surface area (Å²) in [6.45, 7) is 15.3. The molecule has 1 aliphatic carbocycles. The number of fused-ring (bicyclic) bond motifs is 3. The summed E-state index contributed by atoms with van der Waals surface area (Å²) in [5.41, 5.74) is 5.95. The summed E-state index contributed by atoms with van der Waals surface area (Å²) >= 11 is 0. The van der Waals surface area contributed by atoms with Gasteiger partial charge < -0.3 is 20.0 Å². The van der Waals surface area contributed by atoms with Gasteiger partial charge in [0.2, 0.25) is 0 Å². The van der Waals surface area contributed by atoms with Crippen molar-refractivity contribution in [1.82, 2.24) is 9.80 Å². The van der Waals surface area contributed by atoms with Crippen LogP contribution in [0.1, 0.15) is 142 Å². The number of carboxylic acid groups (broad SMARTS) is 2. The summed E-state index contributed by atoms with van der Waals surface area (Å²) in [6.07, 6.45) is 13.0. The molecule has 238 valence electrons. The van der Waals surface area contributed by atoms with Crippen LogP contribution in [0.2, 0.25) is 0 Å². The van der Waals surface area contributed by atoms with Crippen molar-refractivity contribution >= 4 is 11.9 Å². The smallest absolute Gasteiger partial charge is 0.335 e. The Morgan fingerprint density at radius 2 is 1.16 bits per heavy atom. The van der Waals surface area contributed by atoms with Gasteiger partial charge in [0, 0.05) is 5.92 Å². The number of carboxylic acids is 2. The summed E-state index contributed by atoms with van der Waals surface area (Å²) in [5.74, 6) is -1.79. The lowest BCUT2D eigenvalue weighted by Gasteiger charge is -2.25. The Morgan fingerprint density at radius 3 is 1.67 bits per heavy atom. The molecule has 0 aromatic heterocycles. The van der Waals surface area contributed by atoms with Gasteiger partial charge in [0.05, 0.1) is 11.1 Å². The minimum Gasteiger partial charge on any atom is -0.478 e. The fourth-order valence-electron chi connectivity index (χ4n) is 6.65. The maximum atomic E-state index is 12.5. The fraction of sp³-hybridized carbons (Fsp3) is 0.622. The van der Waals surface area contributed by atoms with Gasteiger partial charge in [-0.1, -0.05) is 65.5 Å². The Hall–Kier alpha value is -2.70. The van der Waals surface area contributed by atoms with Crippen LogP contribution in [-0.4, -0.2) is 71.2 Å². The first-order valence-electron chi connectivity index (χ1n) is 17.1. The van der Waals surface area contributed by atoms with Gasteiger partial charge in [-0.3, -0.25) is 0 Å². The van der Waals surface area contributed by atoms with E-state index in [-0.39, 0.29) is 5.92 Å². The van der Waals surface area contributed by atoms with Gasteiger partial charge in [0.15, 0.2) is 0 Å². The van der Waals surface area contributed by atoms with Gasteiger partial charge in [-0.2, -0.15) is 0 Å². The predicted molar refractivity (Wildman–Crippen MR) is 178 cm³/mol. The number of hydrogen-bond acceptors (Lipinski definition) is 4. The molecule has 0 spiro atoms. The molecule has 0 heterocycles. The number of hydrogen-bond donors (Lipinski definition) is 2. The van der Waals surface area contributed by atoms with Crippen LogP contribution < -0.4 is 0 Å². The van der Waals surface area contributed by atoms with Gasteiger partial charge in [-0.25, -0.2) is 9.59 Å². The molecule has 1 aliphatic rings. The van der Waals surface area contributed by atoms with E-state index in [1.54, 1.807) is 12.1 Å². The van der Waals surface area contributed by atoms with Crippen LogP contribution in [0.15, 0.2) is 30.3 Å². The summed E-state index contributed by atoms with van der Waals surface area (Å²) in [5, 5.41) is 20.1. The number of carbonyl (C=O) groups is 2.